The van der Waals surface area contributed by atoms with Crippen molar-refractivity contribution in [3.63, 3.8) is 0 Å². The normalized spacial score (nSPS) is 17.7. The van der Waals surface area contributed by atoms with Crippen LogP contribution >= 0.6 is 11.6 Å². The minimum Gasteiger partial charge on any atom is -0.352 e. The number of likely N-dealkylation sites (N-methyl/N-ethyl adjacent to an activating group) is 1. The minimum atomic E-state index is -0.252. The summed E-state index contributed by atoms with van der Waals surface area (Å²) in [4.78, 5) is 4.37. The van der Waals surface area contributed by atoms with Crippen molar-refractivity contribution >= 4 is 23.1 Å². The van der Waals surface area contributed by atoms with Crippen LogP contribution in [-0.2, 0) is 6.54 Å². The molecule has 0 bridgehead atoms. The average Bonchev–Trinajstić information content (AvgIpc) is 3.36. The molecule has 3 heterocycles. The number of anilines is 1. The predicted octanol–water partition coefficient (Wildman–Crippen LogP) is 3.11. The number of hydrogen-bond donors (Lipinski definition) is 0. The van der Waals surface area contributed by atoms with E-state index in [1.54, 1.807) is 12.1 Å². The molecule has 2 fully saturated rings. The summed E-state index contributed by atoms with van der Waals surface area (Å²) in [6.45, 7) is 2.19. The van der Waals surface area contributed by atoms with Crippen LogP contribution in [0.25, 0.3) is 5.65 Å². The van der Waals surface area contributed by atoms with Gasteiger partial charge in [-0.3, -0.25) is 4.90 Å². The third-order valence-corrected chi connectivity index (χ3v) is 5.85. The zero-order chi connectivity index (χ0) is 18.5. The molecule has 8 heteroatoms. The van der Waals surface area contributed by atoms with Crippen LogP contribution in [0.5, 0.6) is 0 Å². The number of rotatable bonds is 5. The van der Waals surface area contributed by atoms with E-state index in [0.717, 1.165) is 30.4 Å². The van der Waals surface area contributed by atoms with E-state index < -0.39 is 0 Å². The Morgan fingerprint density at radius 2 is 2.00 bits per heavy atom. The molecule has 0 unspecified atom stereocenters. The Kier molecular flexibility index (Phi) is 4.02. The summed E-state index contributed by atoms with van der Waals surface area (Å²) in [5.74, 6) is 2.15. The Labute approximate surface area is 161 Å². The van der Waals surface area contributed by atoms with Crippen LogP contribution in [0.2, 0.25) is 5.02 Å². The molecule has 0 atom stereocenters. The van der Waals surface area contributed by atoms with E-state index in [2.05, 4.69) is 20.0 Å². The molecule has 1 aliphatic carbocycles. The van der Waals surface area contributed by atoms with Crippen LogP contribution in [-0.4, -0.2) is 50.9 Å². The summed E-state index contributed by atoms with van der Waals surface area (Å²) in [5.41, 5.74) is 1.35. The monoisotopic (exact) mass is 386 g/mol. The summed E-state index contributed by atoms with van der Waals surface area (Å²) in [6, 6.07) is 9.12. The molecule has 5 rings (SSSR count). The summed E-state index contributed by atoms with van der Waals surface area (Å²) in [7, 11) is 2.01. The van der Waals surface area contributed by atoms with E-state index in [1.165, 1.54) is 18.9 Å². The van der Waals surface area contributed by atoms with Crippen molar-refractivity contribution in [3.05, 3.63) is 52.6 Å². The second-order valence-electron chi connectivity index (χ2n) is 7.47. The molecule has 1 aliphatic heterocycles. The van der Waals surface area contributed by atoms with Gasteiger partial charge in [0.05, 0.1) is 0 Å². The highest BCUT2D eigenvalue weighted by Crippen LogP contribution is 2.39. The zero-order valence-electron chi connectivity index (χ0n) is 15.0. The van der Waals surface area contributed by atoms with Gasteiger partial charge >= 0.3 is 0 Å². The van der Waals surface area contributed by atoms with Crippen molar-refractivity contribution in [1.82, 2.24) is 24.7 Å². The topological polar surface area (TPSA) is 49.6 Å². The lowest BCUT2D eigenvalue weighted by Gasteiger charge is -2.44. The standard InChI is InChI=1S/C19H20ClFN6/c1-25(11-14-15(20)3-2-4-16(14)21)13-9-26(10-13)18-8-7-17-22-23-19(12-5-6-12)27(17)24-18/h2-4,7-8,12-13H,5-6,9-11H2,1H3. The van der Waals surface area contributed by atoms with Crippen molar-refractivity contribution in [1.29, 1.82) is 0 Å². The van der Waals surface area contributed by atoms with Crippen LogP contribution in [0, 0.1) is 5.82 Å². The first-order valence-corrected chi connectivity index (χ1v) is 9.58. The molecule has 2 aromatic heterocycles. The highest BCUT2D eigenvalue weighted by molar-refractivity contribution is 6.31. The lowest BCUT2D eigenvalue weighted by molar-refractivity contribution is 0.194. The van der Waals surface area contributed by atoms with Gasteiger partial charge in [-0.1, -0.05) is 17.7 Å². The molecular weight excluding hydrogens is 367 g/mol. The van der Waals surface area contributed by atoms with Crippen molar-refractivity contribution in [2.24, 2.45) is 0 Å². The Bertz CT molecular complexity index is 975. The molecule has 1 aromatic carbocycles. The Hall–Kier alpha value is -2.25. The molecule has 0 spiro atoms. The zero-order valence-corrected chi connectivity index (χ0v) is 15.8. The highest BCUT2D eigenvalue weighted by atomic mass is 35.5. The van der Waals surface area contributed by atoms with E-state index in [4.69, 9.17) is 16.7 Å². The van der Waals surface area contributed by atoms with Gasteiger partial charge in [0.25, 0.3) is 0 Å². The largest absolute Gasteiger partial charge is 0.352 e. The number of fused-ring (bicyclic) bond motifs is 1. The maximum absolute atomic E-state index is 14.0. The molecule has 0 N–H and O–H groups in total. The van der Waals surface area contributed by atoms with Crippen LogP contribution in [0.4, 0.5) is 10.2 Å². The second-order valence-corrected chi connectivity index (χ2v) is 7.88. The summed E-state index contributed by atoms with van der Waals surface area (Å²) in [5, 5.41) is 13.7. The number of aromatic nitrogens is 4. The Morgan fingerprint density at radius 1 is 1.19 bits per heavy atom. The predicted molar refractivity (Wildman–Crippen MR) is 102 cm³/mol. The van der Waals surface area contributed by atoms with Crippen LogP contribution in [0.1, 0.15) is 30.1 Å². The fraction of sp³-hybridized carbons (Fsp3) is 0.421. The minimum absolute atomic E-state index is 0.252. The lowest BCUT2D eigenvalue weighted by Crippen LogP contribution is -2.58. The van der Waals surface area contributed by atoms with E-state index in [-0.39, 0.29) is 5.82 Å². The van der Waals surface area contributed by atoms with Crippen LogP contribution in [0.15, 0.2) is 30.3 Å². The van der Waals surface area contributed by atoms with Gasteiger partial charge in [-0.25, -0.2) is 4.39 Å². The Morgan fingerprint density at radius 3 is 2.74 bits per heavy atom. The van der Waals surface area contributed by atoms with Gasteiger partial charge in [0.15, 0.2) is 11.5 Å². The Balaban J connectivity index is 1.27. The molecule has 0 radical (unpaired) electrons. The van der Waals surface area contributed by atoms with Crippen molar-refractivity contribution in [2.75, 3.05) is 25.0 Å². The van der Waals surface area contributed by atoms with E-state index in [9.17, 15) is 4.39 Å². The number of benzene rings is 1. The molecule has 1 saturated heterocycles. The smallest absolute Gasteiger partial charge is 0.178 e. The third kappa shape index (κ3) is 3.04. The van der Waals surface area contributed by atoms with Crippen molar-refractivity contribution in [2.45, 2.75) is 31.3 Å². The second kappa shape index (κ2) is 6.42. The maximum atomic E-state index is 14.0. The van der Waals surface area contributed by atoms with Gasteiger partial charge in [0.1, 0.15) is 11.6 Å². The summed E-state index contributed by atoms with van der Waals surface area (Å²) >= 11 is 6.15. The molecule has 140 valence electrons. The quantitative estimate of drug-likeness (QED) is 0.674. The van der Waals surface area contributed by atoms with Crippen molar-refractivity contribution < 1.29 is 4.39 Å². The van der Waals surface area contributed by atoms with Gasteiger partial charge in [-0.2, -0.15) is 4.52 Å². The van der Waals surface area contributed by atoms with Gasteiger partial charge in [-0.15, -0.1) is 15.3 Å². The van der Waals surface area contributed by atoms with Crippen LogP contribution in [0.3, 0.4) is 0 Å². The number of hydrogen-bond acceptors (Lipinski definition) is 5. The lowest BCUT2D eigenvalue weighted by atomic mass is 10.1. The van der Waals surface area contributed by atoms with Gasteiger partial charge in [0, 0.05) is 42.2 Å². The van der Waals surface area contributed by atoms with Gasteiger partial charge in [0.2, 0.25) is 0 Å². The molecule has 6 nitrogen and oxygen atoms in total. The average molecular weight is 387 g/mol. The van der Waals surface area contributed by atoms with Crippen LogP contribution < -0.4 is 4.90 Å². The summed E-state index contributed by atoms with van der Waals surface area (Å²) < 4.78 is 15.9. The van der Waals surface area contributed by atoms with Crippen molar-refractivity contribution in [3.8, 4) is 0 Å². The molecular formula is C19H20ClFN6. The number of halogens is 2. The first-order chi connectivity index (χ1) is 13.1. The molecule has 3 aromatic rings. The molecule has 1 saturated carbocycles. The maximum Gasteiger partial charge on any atom is 0.178 e. The van der Waals surface area contributed by atoms with Gasteiger partial charge in [-0.05, 0) is 44.2 Å². The summed E-state index contributed by atoms with van der Waals surface area (Å²) in [6.07, 6.45) is 2.34. The van der Waals surface area contributed by atoms with E-state index in [1.807, 2.05) is 23.7 Å². The molecule has 27 heavy (non-hydrogen) atoms. The fourth-order valence-electron chi connectivity index (χ4n) is 3.54. The molecule has 2 aliphatic rings. The van der Waals surface area contributed by atoms with E-state index in [0.29, 0.717) is 29.1 Å². The first kappa shape index (κ1) is 16.9. The SMILES string of the molecule is CN(Cc1c(F)cccc1Cl)C1CN(c2ccc3nnc(C4CC4)n3n2)C1. The number of nitrogens with zero attached hydrogens (tertiary/aromatic N) is 6. The fourth-order valence-corrected chi connectivity index (χ4v) is 3.77. The van der Waals surface area contributed by atoms with Gasteiger partial charge < -0.3 is 4.90 Å². The molecule has 0 amide bonds. The first-order valence-electron chi connectivity index (χ1n) is 9.20. The third-order valence-electron chi connectivity index (χ3n) is 5.49. The highest BCUT2D eigenvalue weighted by Gasteiger charge is 2.33. The van der Waals surface area contributed by atoms with E-state index >= 15 is 0 Å².